The van der Waals surface area contributed by atoms with Crippen LogP contribution in [0.25, 0.3) is 0 Å². The first-order valence-corrected chi connectivity index (χ1v) is 5.94. The second-order valence-electron chi connectivity index (χ2n) is 4.25. The fourth-order valence-corrected chi connectivity index (χ4v) is 1.81. The van der Waals surface area contributed by atoms with Crippen LogP contribution in [0, 0.1) is 0 Å². The Bertz CT molecular complexity index is 610. The SMILES string of the molecule is CN(Cc1cnn(C)c1)c1cc(Cl)nc(C(F)(F)F)n1. The van der Waals surface area contributed by atoms with E-state index in [4.69, 9.17) is 11.6 Å². The highest BCUT2D eigenvalue weighted by atomic mass is 35.5. The molecule has 0 unspecified atom stereocenters. The molecule has 0 saturated heterocycles. The fourth-order valence-electron chi connectivity index (χ4n) is 1.64. The summed E-state index contributed by atoms with van der Waals surface area (Å²) in [6.45, 7) is 0.360. The summed E-state index contributed by atoms with van der Waals surface area (Å²) >= 11 is 5.61. The molecule has 5 nitrogen and oxygen atoms in total. The van der Waals surface area contributed by atoms with Gasteiger partial charge in [-0.25, -0.2) is 9.97 Å². The van der Waals surface area contributed by atoms with E-state index >= 15 is 0 Å². The van der Waals surface area contributed by atoms with Crippen molar-refractivity contribution in [2.45, 2.75) is 12.7 Å². The van der Waals surface area contributed by atoms with E-state index in [1.807, 2.05) is 0 Å². The highest BCUT2D eigenvalue weighted by Gasteiger charge is 2.35. The third-order valence-electron chi connectivity index (χ3n) is 2.50. The van der Waals surface area contributed by atoms with E-state index in [0.717, 1.165) is 5.56 Å². The molecule has 20 heavy (non-hydrogen) atoms. The standard InChI is InChI=1S/C11H11ClF3N5/c1-19(5-7-4-16-20(2)6-7)9-3-8(12)17-10(18-9)11(13,14)15/h3-4,6H,5H2,1-2H3. The van der Waals surface area contributed by atoms with Gasteiger partial charge in [0, 0.05) is 38.5 Å². The number of hydrogen-bond acceptors (Lipinski definition) is 4. The highest BCUT2D eigenvalue weighted by Crippen LogP contribution is 2.29. The molecule has 0 fully saturated rings. The number of aryl methyl sites for hydroxylation is 1. The second-order valence-corrected chi connectivity index (χ2v) is 4.64. The van der Waals surface area contributed by atoms with Crippen LogP contribution in [0.2, 0.25) is 5.15 Å². The zero-order valence-electron chi connectivity index (χ0n) is 10.7. The lowest BCUT2D eigenvalue weighted by atomic mass is 10.3. The molecule has 2 aromatic heterocycles. The Hall–Kier alpha value is -1.83. The highest BCUT2D eigenvalue weighted by molar-refractivity contribution is 6.29. The van der Waals surface area contributed by atoms with Crippen LogP contribution in [0.4, 0.5) is 19.0 Å². The minimum Gasteiger partial charge on any atom is -0.355 e. The summed E-state index contributed by atoms with van der Waals surface area (Å²) in [5, 5.41) is 3.74. The predicted octanol–water partition coefficient (Wildman–Crippen LogP) is 2.52. The van der Waals surface area contributed by atoms with E-state index in [1.165, 1.54) is 6.07 Å². The van der Waals surface area contributed by atoms with E-state index in [0.29, 0.717) is 6.54 Å². The lowest BCUT2D eigenvalue weighted by Crippen LogP contribution is -2.20. The zero-order valence-corrected chi connectivity index (χ0v) is 11.4. The van der Waals surface area contributed by atoms with Crippen LogP contribution in [0.3, 0.4) is 0 Å². The number of anilines is 1. The van der Waals surface area contributed by atoms with Crippen LogP contribution in [-0.2, 0) is 19.8 Å². The molecule has 0 saturated carbocycles. The molecular weight excluding hydrogens is 295 g/mol. The van der Waals surface area contributed by atoms with Gasteiger partial charge in [0.25, 0.3) is 0 Å². The minimum atomic E-state index is -4.63. The van der Waals surface area contributed by atoms with Crippen molar-refractivity contribution >= 4 is 17.4 Å². The number of halogens is 4. The third kappa shape index (κ3) is 3.38. The molecular formula is C11H11ClF3N5. The fraction of sp³-hybridized carbons (Fsp3) is 0.364. The normalized spacial score (nSPS) is 11.7. The Morgan fingerprint density at radius 3 is 2.60 bits per heavy atom. The maximum Gasteiger partial charge on any atom is 0.451 e. The molecule has 0 aromatic carbocycles. The van der Waals surface area contributed by atoms with Gasteiger partial charge in [0.15, 0.2) is 0 Å². The summed E-state index contributed by atoms with van der Waals surface area (Å²) < 4.78 is 39.5. The van der Waals surface area contributed by atoms with Gasteiger partial charge < -0.3 is 4.90 Å². The number of aromatic nitrogens is 4. The van der Waals surface area contributed by atoms with E-state index in [9.17, 15) is 13.2 Å². The molecule has 0 aliphatic carbocycles. The first-order valence-electron chi connectivity index (χ1n) is 5.56. The minimum absolute atomic E-state index is 0.0983. The van der Waals surface area contributed by atoms with E-state index < -0.39 is 12.0 Å². The van der Waals surface area contributed by atoms with Gasteiger partial charge in [-0.3, -0.25) is 4.68 Å². The number of alkyl halides is 3. The molecule has 0 amide bonds. The molecule has 2 rings (SSSR count). The van der Waals surface area contributed by atoms with Crippen LogP contribution >= 0.6 is 11.6 Å². The average Bonchev–Trinajstić information content (AvgIpc) is 2.72. The van der Waals surface area contributed by atoms with Crippen LogP contribution < -0.4 is 4.90 Å². The Balaban J connectivity index is 2.25. The van der Waals surface area contributed by atoms with E-state index in [-0.39, 0.29) is 11.0 Å². The molecule has 108 valence electrons. The van der Waals surface area contributed by atoms with Crippen molar-refractivity contribution in [1.82, 2.24) is 19.7 Å². The maximum absolute atomic E-state index is 12.6. The van der Waals surface area contributed by atoms with Gasteiger partial charge in [0.05, 0.1) is 6.20 Å². The number of nitrogens with zero attached hydrogens (tertiary/aromatic N) is 5. The largest absolute Gasteiger partial charge is 0.451 e. The summed E-state index contributed by atoms with van der Waals surface area (Å²) in [4.78, 5) is 8.21. The third-order valence-corrected chi connectivity index (χ3v) is 2.70. The summed E-state index contributed by atoms with van der Waals surface area (Å²) in [6.07, 6.45) is -1.23. The quantitative estimate of drug-likeness (QED) is 0.818. The zero-order chi connectivity index (χ0) is 14.9. The van der Waals surface area contributed by atoms with Gasteiger partial charge in [-0.1, -0.05) is 11.6 Å². The molecule has 2 aromatic rings. The van der Waals surface area contributed by atoms with Crippen molar-refractivity contribution in [1.29, 1.82) is 0 Å². The topological polar surface area (TPSA) is 46.8 Å². The summed E-state index contributed by atoms with van der Waals surface area (Å²) in [5.74, 6) is -1.15. The van der Waals surface area contributed by atoms with Gasteiger partial charge in [-0.2, -0.15) is 18.3 Å². The maximum atomic E-state index is 12.6. The lowest BCUT2D eigenvalue weighted by Gasteiger charge is -2.18. The van der Waals surface area contributed by atoms with E-state index in [2.05, 4.69) is 15.1 Å². The Labute approximate surface area is 118 Å². The molecule has 0 spiro atoms. The lowest BCUT2D eigenvalue weighted by molar-refractivity contribution is -0.144. The second kappa shape index (κ2) is 5.28. The molecule has 0 radical (unpaired) electrons. The number of rotatable bonds is 3. The first-order chi connectivity index (χ1) is 9.25. The van der Waals surface area contributed by atoms with Crippen LogP contribution in [0.15, 0.2) is 18.5 Å². The summed E-state index contributed by atoms with van der Waals surface area (Å²) in [5.41, 5.74) is 0.846. The Kier molecular flexibility index (Phi) is 3.85. The monoisotopic (exact) mass is 305 g/mol. The van der Waals surface area contributed by atoms with Crippen LogP contribution in [0.1, 0.15) is 11.4 Å². The van der Waals surface area contributed by atoms with Gasteiger partial charge in [-0.05, 0) is 0 Å². The van der Waals surface area contributed by atoms with Gasteiger partial charge in [-0.15, -0.1) is 0 Å². The van der Waals surface area contributed by atoms with Crippen molar-refractivity contribution in [2.75, 3.05) is 11.9 Å². The Morgan fingerprint density at radius 1 is 1.35 bits per heavy atom. The van der Waals surface area contributed by atoms with Crippen molar-refractivity contribution in [3.05, 3.63) is 35.0 Å². The summed E-state index contributed by atoms with van der Waals surface area (Å²) in [6, 6.07) is 1.28. The average molecular weight is 306 g/mol. The van der Waals surface area contributed by atoms with Crippen molar-refractivity contribution < 1.29 is 13.2 Å². The van der Waals surface area contributed by atoms with Crippen molar-refractivity contribution in [3.8, 4) is 0 Å². The summed E-state index contributed by atoms with van der Waals surface area (Å²) in [7, 11) is 3.37. The molecule has 0 aliphatic rings. The molecule has 0 bridgehead atoms. The molecule has 0 aliphatic heterocycles. The number of hydrogen-bond donors (Lipinski definition) is 0. The van der Waals surface area contributed by atoms with Gasteiger partial charge in [0.1, 0.15) is 11.0 Å². The predicted molar refractivity (Wildman–Crippen MR) is 67.4 cm³/mol. The Morgan fingerprint density at radius 2 is 2.05 bits per heavy atom. The first kappa shape index (κ1) is 14.6. The molecule has 9 heteroatoms. The van der Waals surface area contributed by atoms with Gasteiger partial charge in [0.2, 0.25) is 5.82 Å². The molecule has 0 atom stereocenters. The van der Waals surface area contributed by atoms with Crippen molar-refractivity contribution in [2.24, 2.45) is 7.05 Å². The van der Waals surface area contributed by atoms with Gasteiger partial charge >= 0.3 is 6.18 Å². The van der Waals surface area contributed by atoms with Crippen LogP contribution in [-0.4, -0.2) is 26.8 Å². The smallest absolute Gasteiger partial charge is 0.355 e. The molecule has 0 N–H and O–H groups in total. The molecule has 2 heterocycles. The van der Waals surface area contributed by atoms with Crippen LogP contribution in [0.5, 0.6) is 0 Å². The van der Waals surface area contributed by atoms with E-state index in [1.54, 1.807) is 36.1 Å². The van der Waals surface area contributed by atoms with Crippen molar-refractivity contribution in [3.63, 3.8) is 0 Å².